The highest BCUT2D eigenvalue weighted by Gasteiger charge is 2.32. The second-order valence-electron chi connectivity index (χ2n) is 5.76. The van der Waals surface area contributed by atoms with Gasteiger partial charge in [0, 0.05) is 43.0 Å². The van der Waals surface area contributed by atoms with Crippen LogP contribution in [0, 0.1) is 0 Å². The summed E-state index contributed by atoms with van der Waals surface area (Å²) in [5.74, 6) is 0.461. The van der Waals surface area contributed by atoms with Crippen LogP contribution in [0.5, 0.6) is 0 Å². The lowest BCUT2D eigenvalue weighted by atomic mass is 10.1. The van der Waals surface area contributed by atoms with Gasteiger partial charge in [-0.2, -0.15) is 0 Å². The van der Waals surface area contributed by atoms with Gasteiger partial charge in [-0.3, -0.25) is 14.8 Å². The van der Waals surface area contributed by atoms with Crippen molar-refractivity contribution in [3.8, 4) is 11.3 Å². The minimum absolute atomic E-state index is 0.0484. The Labute approximate surface area is 139 Å². The molecule has 1 aliphatic rings. The van der Waals surface area contributed by atoms with Crippen LogP contribution in [0.4, 0.5) is 0 Å². The molecule has 4 rings (SSSR count). The van der Waals surface area contributed by atoms with Crippen molar-refractivity contribution in [2.75, 3.05) is 6.54 Å². The Hall–Kier alpha value is -3.02. The number of carbonyl (C=O) groups is 1. The van der Waals surface area contributed by atoms with Crippen LogP contribution >= 0.6 is 0 Å². The van der Waals surface area contributed by atoms with Gasteiger partial charge in [-0.15, -0.1) is 0 Å². The number of likely N-dealkylation sites (tertiary alicyclic amines) is 1. The number of pyridine rings is 2. The number of rotatable bonds is 3. The molecule has 0 bridgehead atoms. The van der Waals surface area contributed by atoms with E-state index in [9.17, 15) is 4.79 Å². The molecule has 24 heavy (non-hydrogen) atoms. The predicted octanol–water partition coefficient (Wildman–Crippen LogP) is 3.11. The molecule has 120 valence electrons. The van der Waals surface area contributed by atoms with Gasteiger partial charge < -0.3 is 9.42 Å². The smallest absolute Gasteiger partial charge is 0.276 e. The molecular weight excluding hydrogens is 304 g/mol. The van der Waals surface area contributed by atoms with E-state index in [1.807, 2.05) is 35.4 Å². The number of hydrogen-bond donors (Lipinski definition) is 0. The van der Waals surface area contributed by atoms with Crippen molar-refractivity contribution in [3.05, 3.63) is 66.4 Å². The summed E-state index contributed by atoms with van der Waals surface area (Å²) in [6.45, 7) is 0.718. The number of carbonyl (C=O) groups excluding carboxylic acids is 1. The fourth-order valence-electron chi connectivity index (χ4n) is 3.10. The van der Waals surface area contributed by atoms with Crippen LogP contribution in [0.1, 0.15) is 34.9 Å². The molecule has 1 amide bonds. The minimum atomic E-state index is -0.106. The molecule has 0 N–H and O–H groups in total. The molecule has 1 aliphatic heterocycles. The lowest BCUT2D eigenvalue weighted by Crippen LogP contribution is -2.30. The molecule has 0 saturated carbocycles. The van der Waals surface area contributed by atoms with E-state index in [1.165, 1.54) is 0 Å². The molecule has 6 heteroatoms. The molecule has 0 spiro atoms. The van der Waals surface area contributed by atoms with E-state index >= 15 is 0 Å². The molecule has 0 aromatic carbocycles. The maximum absolute atomic E-state index is 12.8. The highest BCUT2D eigenvalue weighted by molar-refractivity contribution is 5.93. The third-order valence-electron chi connectivity index (χ3n) is 4.28. The summed E-state index contributed by atoms with van der Waals surface area (Å²) in [5.41, 5.74) is 2.24. The first kappa shape index (κ1) is 14.6. The zero-order valence-electron chi connectivity index (χ0n) is 13.0. The monoisotopic (exact) mass is 320 g/mol. The van der Waals surface area contributed by atoms with Gasteiger partial charge in [0.05, 0.1) is 6.04 Å². The van der Waals surface area contributed by atoms with Crippen molar-refractivity contribution < 1.29 is 9.32 Å². The molecule has 1 fully saturated rings. The first-order valence-corrected chi connectivity index (χ1v) is 7.91. The molecule has 0 aliphatic carbocycles. The Morgan fingerprint density at radius 2 is 2.04 bits per heavy atom. The predicted molar refractivity (Wildman–Crippen MR) is 87.0 cm³/mol. The molecule has 1 unspecified atom stereocenters. The van der Waals surface area contributed by atoms with Crippen LogP contribution in [0.15, 0.2) is 59.6 Å². The van der Waals surface area contributed by atoms with Crippen LogP contribution in [-0.2, 0) is 0 Å². The van der Waals surface area contributed by atoms with Crippen LogP contribution < -0.4 is 0 Å². The number of hydrogen-bond acceptors (Lipinski definition) is 5. The quantitative estimate of drug-likeness (QED) is 0.741. The van der Waals surface area contributed by atoms with Crippen LogP contribution in [0.2, 0.25) is 0 Å². The van der Waals surface area contributed by atoms with E-state index in [0.717, 1.165) is 30.5 Å². The topological polar surface area (TPSA) is 72.1 Å². The summed E-state index contributed by atoms with van der Waals surface area (Å²) in [7, 11) is 0. The maximum Gasteiger partial charge on any atom is 0.276 e. The maximum atomic E-state index is 12.8. The Morgan fingerprint density at radius 3 is 2.83 bits per heavy atom. The van der Waals surface area contributed by atoms with E-state index in [-0.39, 0.29) is 11.9 Å². The van der Waals surface area contributed by atoms with E-state index < -0.39 is 0 Å². The summed E-state index contributed by atoms with van der Waals surface area (Å²) in [4.78, 5) is 22.8. The minimum Gasteiger partial charge on any atom is -0.355 e. The molecule has 1 atom stereocenters. The molecule has 4 heterocycles. The van der Waals surface area contributed by atoms with E-state index in [1.54, 1.807) is 24.7 Å². The second kappa shape index (κ2) is 6.23. The van der Waals surface area contributed by atoms with Gasteiger partial charge in [0.2, 0.25) is 0 Å². The molecule has 3 aromatic rings. The van der Waals surface area contributed by atoms with E-state index in [0.29, 0.717) is 11.5 Å². The Morgan fingerprint density at radius 1 is 1.17 bits per heavy atom. The Balaban J connectivity index is 1.58. The fraction of sp³-hybridized carbons (Fsp3) is 0.222. The Kier molecular flexibility index (Phi) is 3.78. The first-order chi connectivity index (χ1) is 11.8. The number of amides is 1. The third kappa shape index (κ3) is 2.67. The van der Waals surface area contributed by atoms with E-state index in [2.05, 4.69) is 15.1 Å². The highest BCUT2D eigenvalue weighted by atomic mass is 16.5. The van der Waals surface area contributed by atoms with Crippen molar-refractivity contribution in [3.63, 3.8) is 0 Å². The molecular formula is C18H16N4O2. The SMILES string of the molecule is O=C(c1cc(-c2ccncc2)on1)N1CCCC1c1cccnc1. The van der Waals surface area contributed by atoms with Gasteiger partial charge in [0.15, 0.2) is 11.5 Å². The fourth-order valence-corrected chi connectivity index (χ4v) is 3.10. The molecule has 1 saturated heterocycles. The normalized spacial score (nSPS) is 17.2. The van der Waals surface area contributed by atoms with Gasteiger partial charge in [-0.25, -0.2) is 0 Å². The van der Waals surface area contributed by atoms with Gasteiger partial charge in [0.1, 0.15) is 0 Å². The van der Waals surface area contributed by atoms with Gasteiger partial charge in [-0.05, 0) is 36.6 Å². The van der Waals surface area contributed by atoms with Crippen molar-refractivity contribution in [2.45, 2.75) is 18.9 Å². The second-order valence-corrected chi connectivity index (χ2v) is 5.76. The van der Waals surface area contributed by atoms with Gasteiger partial charge in [0.25, 0.3) is 5.91 Å². The van der Waals surface area contributed by atoms with E-state index in [4.69, 9.17) is 4.52 Å². The average molecular weight is 320 g/mol. The summed E-state index contributed by atoms with van der Waals surface area (Å²) >= 11 is 0. The van der Waals surface area contributed by atoms with Gasteiger partial charge >= 0.3 is 0 Å². The zero-order valence-corrected chi connectivity index (χ0v) is 13.0. The van der Waals surface area contributed by atoms with Crippen LogP contribution in [0.25, 0.3) is 11.3 Å². The van der Waals surface area contributed by atoms with Gasteiger partial charge in [-0.1, -0.05) is 11.2 Å². The zero-order chi connectivity index (χ0) is 16.4. The molecule has 3 aromatic heterocycles. The lowest BCUT2D eigenvalue weighted by Gasteiger charge is -2.23. The van der Waals surface area contributed by atoms with Crippen molar-refractivity contribution in [2.24, 2.45) is 0 Å². The average Bonchev–Trinajstić information content (AvgIpc) is 3.32. The third-order valence-corrected chi connectivity index (χ3v) is 4.28. The summed E-state index contributed by atoms with van der Waals surface area (Å²) in [6, 6.07) is 9.29. The summed E-state index contributed by atoms with van der Waals surface area (Å²) in [5, 5.41) is 3.96. The summed E-state index contributed by atoms with van der Waals surface area (Å²) < 4.78 is 5.33. The molecule has 0 radical (unpaired) electrons. The van der Waals surface area contributed by atoms with Crippen molar-refractivity contribution >= 4 is 5.91 Å². The molecule has 6 nitrogen and oxygen atoms in total. The number of aromatic nitrogens is 3. The van der Waals surface area contributed by atoms with Crippen molar-refractivity contribution in [1.29, 1.82) is 0 Å². The van der Waals surface area contributed by atoms with Crippen LogP contribution in [-0.4, -0.2) is 32.5 Å². The van der Waals surface area contributed by atoms with Crippen molar-refractivity contribution in [1.82, 2.24) is 20.0 Å². The van der Waals surface area contributed by atoms with Crippen LogP contribution in [0.3, 0.4) is 0 Å². The summed E-state index contributed by atoms with van der Waals surface area (Å²) in [6.07, 6.45) is 8.83. The first-order valence-electron chi connectivity index (χ1n) is 7.91. The Bertz CT molecular complexity index is 832. The standard InChI is InChI=1S/C18H16N4O2/c23-18(15-11-17(24-21-15)13-5-8-19-9-6-13)22-10-2-4-16(22)14-3-1-7-20-12-14/h1,3,5-9,11-12,16H,2,4,10H2. The highest BCUT2D eigenvalue weighted by Crippen LogP contribution is 2.33. The number of nitrogens with zero attached hydrogens (tertiary/aromatic N) is 4. The lowest BCUT2D eigenvalue weighted by molar-refractivity contribution is 0.0725. The largest absolute Gasteiger partial charge is 0.355 e.